The number of benzene rings is 1. The van der Waals surface area contributed by atoms with Crippen molar-refractivity contribution >= 4 is 38.3 Å². The summed E-state index contributed by atoms with van der Waals surface area (Å²) in [5.74, 6) is 1.76. The number of aryl methyl sites for hydroxylation is 1. The Hall–Kier alpha value is -1.59. The Balaban J connectivity index is 1.45. The van der Waals surface area contributed by atoms with E-state index in [1.165, 1.54) is 0 Å². The van der Waals surface area contributed by atoms with Crippen molar-refractivity contribution in [2.45, 2.75) is 13.5 Å². The van der Waals surface area contributed by atoms with Crippen molar-refractivity contribution in [3.05, 3.63) is 41.4 Å². The Morgan fingerprint density at radius 2 is 2.24 bits per heavy atom. The van der Waals surface area contributed by atoms with E-state index in [2.05, 4.69) is 20.6 Å². The first-order valence-corrected chi connectivity index (χ1v) is 8.17. The Kier molecular flexibility index (Phi) is 3.12. The Morgan fingerprint density at radius 1 is 1.38 bits per heavy atom. The maximum atomic E-state index is 6.03. The number of halogens is 1. The highest BCUT2D eigenvalue weighted by Crippen LogP contribution is 2.34. The summed E-state index contributed by atoms with van der Waals surface area (Å²) in [5, 5.41) is 1.88. The molecule has 4 nitrogen and oxygen atoms in total. The lowest BCUT2D eigenvalue weighted by Crippen LogP contribution is -2.48. The lowest BCUT2D eigenvalue weighted by molar-refractivity contribution is 0.354. The van der Waals surface area contributed by atoms with Gasteiger partial charge in [0, 0.05) is 43.0 Å². The zero-order valence-electron chi connectivity index (χ0n) is 11.7. The van der Waals surface area contributed by atoms with Crippen LogP contribution < -0.4 is 4.90 Å². The van der Waals surface area contributed by atoms with Gasteiger partial charge in [-0.05, 0) is 25.1 Å². The van der Waals surface area contributed by atoms with E-state index in [1.54, 1.807) is 11.3 Å². The van der Waals surface area contributed by atoms with Crippen molar-refractivity contribution in [3.63, 3.8) is 0 Å². The maximum absolute atomic E-state index is 6.03. The third kappa shape index (κ3) is 2.40. The quantitative estimate of drug-likeness (QED) is 0.740. The first-order valence-electron chi connectivity index (χ1n) is 6.98. The molecule has 108 valence electrons. The normalized spacial score (nSPS) is 15.6. The molecule has 6 heteroatoms. The highest BCUT2D eigenvalue weighted by atomic mass is 35.5. The average molecular weight is 319 g/mol. The zero-order chi connectivity index (χ0) is 14.4. The van der Waals surface area contributed by atoms with Crippen LogP contribution in [0.5, 0.6) is 0 Å². The van der Waals surface area contributed by atoms with Gasteiger partial charge in [0.25, 0.3) is 0 Å². The maximum Gasteiger partial charge on any atom is 0.186 e. The smallest absolute Gasteiger partial charge is 0.186 e. The van der Waals surface area contributed by atoms with Crippen molar-refractivity contribution < 1.29 is 0 Å². The van der Waals surface area contributed by atoms with Crippen molar-refractivity contribution in [2.24, 2.45) is 5.92 Å². The third-order valence-electron chi connectivity index (χ3n) is 3.95. The zero-order valence-corrected chi connectivity index (χ0v) is 13.2. The Bertz CT molecular complexity index is 788. The highest BCUT2D eigenvalue weighted by Gasteiger charge is 2.29. The molecule has 2 aromatic heterocycles. The number of hydrogen-bond donors (Lipinski definition) is 0. The fourth-order valence-corrected chi connectivity index (χ4v) is 4.00. The number of aromatic nitrogens is 3. The molecule has 1 aliphatic heterocycles. The monoisotopic (exact) mass is 318 g/mol. The van der Waals surface area contributed by atoms with Crippen LogP contribution in [0.2, 0.25) is 5.02 Å². The number of fused-ring (bicyclic) bond motifs is 1. The van der Waals surface area contributed by atoms with E-state index in [-0.39, 0.29) is 0 Å². The number of hydrogen-bond acceptors (Lipinski definition) is 4. The van der Waals surface area contributed by atoms with E-state index in [1.807, 2.05) is 31.3 Å². The first kappa shape index (κ1) is 13.1. The fourth-order valence-electron chi connectivity index (χ4n) is 2.74. The topological polar surface area (TPSA) is 34.0 Å². The standard InChI is InChI=1S/C15H15ClN4S/c1-10-17-4-5-19(10)7-11-8-20(9-11)15-18-13-3-2-12(16)6-14(13)21-15/h2-6,11H,7-9H2,1H3. The molecule has 1 saturated heterocycles. The second-order valence-corrected chi connectivity index (χ2v) is 6.95. The van der Waals surface area contributed by atoms with E-state index < -0.39 is 0 Å². The van der Waals surface area contributed by atoms with Crippen LogP contribution in [0.3, 0.4) is 0 Å². The van der Waals surface area contributed by atoms with Gasteiger partial charge in [0.05, 0.1) is 10.2 Å². The summed E-state index contributed by atoms with van der Waals surface area (Å²) < 4.78 is 3.38. The molecule has 0 radical (unpaired) electrons. The van der Waals surface area contributed by atoms with Gasteiger partial charge in [-0.3, -0.25) is 0 Å². The van der Waals surface area contributed by atoms with Gasteiger partial charge in [0.15, 0.2) is 5.13 Å². The fraction of sp³-hybridized carbons (Fsp3) is 0.333. The van der Waals surface area contributed by atoms with Crippen LogP contribution in [-0.2, 0) is 6.54 Å². The third-order valence-corrected chi connectivity index (χ3v) is 5.26. The lowest BCUT2D eigenvalue weighted by Gasteiger charge is -2.39. The van der Waals surface area contributed by atoms with Gasteiger partial charge in [0.2, 0.25) is 0 Å². The molecule has 0 spiro atoms. The number of imidazole rings is 1. The van der Waals surface area contributed by atoms with Crippen LogP contribution in [0.4, 0.5) is 5.13 Å². The molecule has 21 heavy (non-hydrogen) atoms. The minimum atomic E-state index is 0.675. The largest absolute Gasteiger partial charge is 0.347 e. The van der Waals surface area contributed by atoms with Crippen molar-refractivity contribution in [2.75, 3.05) is 18.0 Å². The minimum Gasteiger partial charge on any atom is -0.347 e. The van der Waals surface area contributed by atoms with Crippen molar-refractivity contribution in [3.8, 4) is 0 Å². The second-order valence-electron chi connectivity index (χ2n) is 5.51. The van der Waals surface area contributed by atoms with Gasteiger partial charge in [0.1, 0.15) is 5.82 Å². The van der Waals surface area contributed by atoms with Gasteiger partial charge < -0.3 is 9.47 Å². The van der Waals surface area contributed by atoms with Crippen LogP contribution in [0, 0.1) is 12.8 Å². The molecule has 4 rings (SSSR count). The highest BCUT2D eigenvalue weighted by molar-refractivity contribution is 7.22. The molecule has 0 unspecified atom stereocenters. The molecule has 1 aromatic carbocycles. The summed E-state index contributed by atoms with van der Waals surface area (Å²) in [6.07, 6.45) is 3.92. The van der Waals surface area contributed by atoms with Crippen LogP contribution >= 0.6 is 22.9 Å². The van der Waals surface area contributed by atoms with Gasteiger partial charge in [-0.2, -0.15) is 0 Å². The predicted molar refractivity (Wildman–Crippen MR) is 87.3 cm³/mol. The molecule has 0 N–H and O–H groups in total. The second kappa shape index (κ2) is 5.00. The van der Waals surface area contributed by atoms with Gasteiger partial charge in [-0.25, -0.2) is 9.97 Å². The number of thiazole rings is 1. The molecule has 1 aliphatic rings. The summed E-state index contributed by atoms with van der Waals surface area (Å²) >= 11 is 7.75. The Morgan fingerprint density at radius 3 is 3.00 bits per heavy atom. The first-order chi connectivity index (χ1) is 10.2. The summed E-state index contributed by atoms with van der Waals surface area (Å²) in [6.45, 7) is 5.21. The van der Waals surface area contributed by atoms with Crippen LogP contribution in [0.15, 0.2) is 30.6 Å². The average Bonchev–Trinajstić information content (AvgIpc) is 2.99. The van der Waals surface area contributed by atoms with Crippen LogP contribution in [-0.4, -0.2) is 27.6 Å². The molecule has 0 bridgehead atoms. The molecule has 0 amide bonds. The number of anilines is 1. The summed E-state index contributed by atoms with van der Waals surface area (Å²) in [4.78, 5) is 11.3. The van der Waals surface area contributed by atoms with Gasteiger partial charge in [-0.15, -0.1) is 0 Å². The molecule has 3 aromatic rings. The Labute approximate surface area is 132 Å². The van der Waals surface area contributed by atoms with Gasteiger partial charge >= 0.3 is 0 Å². The SMILES string of the molecule is Cc1nccn1CC1CN(c2nc3ccc(Cl)cc3s2)C1. The minimum absolute atomic E-state index is 0.675. The van der Waals surface area contributed by atoms with E-state index >= 15 is 0 Å². The molecule has 0 atom stereocenters. The molecule has 3 heterocycles. The summed E-state index contributed by atoms with van der Waals surface area (Å²) in [7, 11) is 0. The molecule has 1 fully saturated rings. The molecular formula is C15H15ClN4S. The van der Waals surface area contributed by atoms with Gasteiger partial charge in [-0.1, -0.05) is 22.9 Å². The van der Waals surface area contributed by atoms with Crippen LogP contribution in [0.25, 0.3) is 10.2 Å². The predicted octanol–water partition coefficient (Wildman–Crippen LogP) is 3.59. The molecule has 0 saturated carbocycles. The number of rotatable bonds is 3. The molecular weight excluding hydrogens is 304 g/mol. The van der Waals surface area contributed by atoms with E-state index in [4.69, 9.17) is 16.6 Å². The summed E-state index contributed by atoms with van der Waals surface area (Å²) in [5.41, 5.74) is 1.04. The van der Waals surface area contributed by atoms with Crippen LogP contribution in [0.1, 0.15) is 5.82 Å². The van der Waals surface area contributed by atoms with E-state index in [9.17, 15) is 0 Å². The molecule has 0 aliphatic carbocycles. The van der Waals surface area contributed by atoms with E-state index in [0.717, 1.165) is 45.8 Å². The number of nitrogens with zero attached hydrogens (tertiary/aromatic N) is 4. The summed E-state index contributed by atoms with van der Waals surface area (Å²) in [6, 6.07) is 5.88. The van der Waals surface area contributed by atoms with Crippen molar-refractivity contribution in [1.82, 2.24) is 14.5 Å². The van der Waals surface area contributed by atoms with E-state index in [0.29, 0.717) is 5.92 Å². The van der Waals surface area contributed by atoms with Crippen molar-refractivity contribution in [1.29, 1.82) is 0 Å². The lowest BCUT2D eigenvalue weighted by atomic mass is 10.0.